The predicted molar refractivity (Wildman–Crippen MR) is 85.9 cm³/mol. The number of hydrogen-bond donors (Lipinski definition) is 2. The summed E-state index contributed by atoms with van der Waals surface area (Å²) >= 11 is 0. The summed E-state index contributed by atoms with van der Waals surface area (Å²) in [4.78, 5) is 37.0. The van der Waals surface area contributed by atoms with E-state index in [0.717, 1.165) is 0 Å². The summed E-state index contributed by atoms with van der Waals surface area (Å²) in [6.07, 6.45) is 2.62. The molecule has 0 spiro atoms. The van der Waals surface area contributed by atoms with Gasteiger partial charge in [0.05, 0.1) is 18.5 Å². The minimum absolute atomic E-state index is 0.0416. The predicted octanol–water partition coefficient (Wildman–Crippen LogP) is -0.338. The van der Waals surface area contributed by atoms with Gasteiger partial charge in [-0.25, -0.2) is 28.2 Å². The molecule has 4 rings (SSSR count). The van der Waals surface area contributed by atoms with Crippen molar-refractivity contribution in [3.05, 3.63) is 39.6 Å². The summed E-state index contributed by atoms with van der Waals surface area (Å²) < 4.78 is 34.1. The maximum Gasteiger partial charge on any atom is 0.325 e. The summed E-state index contributed by atoms with van der Waals surface area (Å²) in [5.74, 6) is -2.75. The van der Waals surface area contributed by atoms with Crippen molar-refractivity contribution < 1.29 is 13.5 Å². The van der Waals surface area contributed by atoms with Crippen LogP contribution in [0.2, 0.25) is 0 Å². The largest absolute Gasteiger partial charge is 0.373 e. The number of fused-ring (bicyclic) bond motifs is 1. The van der Waals surface area contributed by atoms with Gasteiger partial charge < -0.3 is 14.6 Å². The second kappa shape index (κ2) is 5.69. The molecule has 12 heteroatoms. The fourth-order valence-electron chi connectivity index (χ4n) is 2.94. The third-order valence-electron chi connectivity index (χ3n) is 4.19. The molecule has 0 radical (unpaired) electrons. The second-order valence-corrected chi connectivity index (χ2v) is 5.83. The molecule has 0 aliphatic carbocycles. The van der Waals surface area contributed by atoms with Gasteiger partial charge >= 0.3 is 5.69 Å². The van der Waals surface area contributed by atoms with Crippen LogP contribution in [0.4, 0.5) is 14.6 Å². The highest BCUT2D eigenvalue weighted by Crippen LogP contribution is 2.34. The quantitative estimate of drug-likeness (QED) is 0.651. The Morgan fingerprint density at radius 2 is 2.15 bits per heavy atom. The Balaban J connectivity index is 1.80. The van der Waals surface area contributed by atoms with E-state index >= 15 is 0 Å². The zero-order valence-electron chi connectivity index (χ0n) is 13.4. The molecule has 0 bridgehead atoms. The lowest BCUT2D eigenvalue weighted by Gasteiger charge is -2.16. The average Bonchev–Trinajstić information content (AvgIpc) is 3.14. The number of methoxy groups -OCH3 is 1. The summed E-state index contributed by atoms with van der Waals surface area (Å²) in [5.41, 5.74) is -1.02. The van der Waals surface area contributed by atoms with Crippen LogP contribution in [0.5, 0.6) is 0 Å². The Morgan fingerprint density at radius 3 is 2.85 bits per heavy atom. The van der Waals surface area contributed by atoms with E-state index in [1.54, 1.807) is 0 Å². The number of aromatic nitrogens is 6. The summed E-state index contributed by atoms with van der Waals surface area (Å²) in [6.45, 7) is -0.595. The number of anilines is 1. The summed E-state index contributed by atoms with van der Waals surface area (Å²) in [7, 11) is 1.23. The Labute approximate surface area is 143 Å². The van der Waals surface area contributed by atoms with Crippen molar-refractivity contribution in [3.8, 4) is 5.69 Å². The van der Waals surface area contributed by atoms with Crippen LogP contribution in [0.25, 0.3) is 16.7 Å². The van der Waals surface area contributed by atoms with Crippen molar-refractivity contribution in [1.29, 1.82) is 0 Å². The molecule has 1 atom stereocenters. The van der Waals surface area contributed by atoms with E-state index in [0.29, 0.717) is 5.39 Å². The first-order valence-corrected chi connectivity index (χ1v) is 7.57. The molecule has 0 amide bonds. The van der Waals surface area contributed by atoms with Crippen molar-refractivity contribution in [3.63, 3.8) is 0 Å². The van der Waals surface area contributed by atoms with Gasteiger partial charge in [0.1, 0.15) is 23.9 Å². The number of rotatable bonds is 3. The number of H-pyrrole nitrogens is 2. The van der Waals surface area contributed by atoms with Crippen LogP contribution in [0, 0.1) is 0 Å². The number of ether oxygens (including phenoxy) is 1. The average molecular weight is 365 g/mol. The molecule has 10 nitrogen and oxygen atoms in total. The van der Waals surface area contributed by atoms with Crippen LogP contribution >= 0.6 is 0 Å². The number of nitrogens with zero attached hydrogens (tertiary/aromatic N) is 5. The van der Waals surface area contributed by atoms with E-state index in [1.807, 2.05) is 0 Å². The highest BCUT2D eigenvalue weighted by Gasteiger charge is 2.49. The van der Waals surface area contributed by atoms with Gasteiger partial charge in [-0.2, -0.15) is 0 Å². The van der Waals surface area contributed by atoms with Crippen LogP contribution in [-0.4, -0.2) is 61.9 Å². The zero-order valence-corrected chi connectivity index (χ0v) is 13.4. The van der Waals surface area contributed by atoms with E-state index in [9.17, 15) is 18.4 Å². The molecule has 1 fully saturated rings. The smallest absolute Gasteiger partial charge is 0.325 e. The van der Waals surface area contributed by atoms with Gasteiger partial charge in [0.2, 0.25) is 0 Å². The minimum atomic E-state index is -3.02. The van der Waals surface area contributed by atoms with E-state index < -0.39 is 29.8 Å². The molecule has 3 aromatic rings. The third kappa shape index (κ3) is 2.54. The zero-order chi connectivity index (χ0) is 18.5. The van der Waals surface area contributed by atoms with Gasteiger partial charge in [0.15, 0.2) is 5.65 Å². The molecule has 3 aromatic heterocycles. The normalized spacial score (nSPS) is 19.3. The fourth-order valence-corrected chi connectivity index (χ4v) is 2.94. The molecule has 0 aromatic carbocycles. The monoisotopic (exact) mass is 365 g/mol. The SMILES string of the molecule is COC1CN(c2ncnc3nn(-c4c[nH]c(=O)[nH]c4=O)cc23)CC1(F)F. The molecule has 2 N–H and O–H groups in total. The second-order valence-electron chi connectivity index (χ2n) is 5.83. The first-order valence-electron chi connectivity index (χ1n) is 7.57. The van der Waals surface area contributed by atoms with Gasteiger partial charge in [-0.1, -0.05) is 0 Å². The van der Waals surface area contributed by atoms with Crippen molar-refractivity contribution in [1.82, 2.24) is 29.7 Å². The lowest BCUT2D eigenvalue weighted by atomic mass is 10.2. The molecule has 136 valence electrons. The summed E-state index contributed by atoms with van der Waals surface area (Å²) in [6, 6.07) is 0. The van der Waals surface area contributed by atoms with Crippen LogP contribution < -0.4 is 16.1 Å². The van der Waals surface area contributed by atoms with E-state index in [-0.39, 0.29) is 23.7 Å². The molecular formula is C14H13F2N7O3. The Bertz CT molecular complexity index is 1090. The molecule has 0 saturated carbocycles. The Morgan fingerprint density at radius 1 is 1.35 bits per heavy atom. The van der Waals surface area contributed by atoms with Crippen molar-refractivity contribution in [2.24, 2.45) is 0 Å². The molecule has 1 unspecified atom stereocenters. The van der Waals surface area contributed by atoms with E-state index in [4.69, 9.17) is 4.74 Å². The number of nitrogens with one attached hydrogen (secondary N) is 2. The number of halogens is 2. The lowest BCUT2D eigenvalue weighted by molar-refractivity contribution is -0.0889. The van der Waals surface area contributed by atoms with E-state index in [2.05, 4.69) is 25.0 Å². The van der Waals surface area contributed by atoms with Crippen molar-refractivity contribution >= 4 is 16.9 Å². The first-order chi connectivity index (χ1) is 12.4. The maximum atomic E-state index is 14.0. The van der Waals surface area contributed by atoms with Crippen LogP contribution in [0.1, 0.15) is 0 Å². The number of aromatic amines is 2. The van der Waals surface area contributed by atoms with Crippen LogP contribution in [-0.2, 0) is 4.74 Å². The molecule has 26 heavy (non-hydrogen) atoms. The molecular weight excluding hydrogens is 352 g/mol. The van der Waals surface area contributed by atoms with Crippen molar-refractivity contribution in [2.75, 3.05) is 25.1 Å². The number of hydrogen-bond acceptors (Lipinski definition) is 7. The van der Waals surface area contributed by atoms with Crippen LogP contribution in [0.15, 0.2) is 28.3 Å². The Kier molecular flexibility index (Phi) is 3.57. The standard InChI is InChI=1S/C14H13F2N7O3/c1-26-9-4-22(5-14(9,15)16)11-7-3-23(21-10(7)18-6-19-11)8-2-17-13(25)20-12(8)24/h2-3,6,9H,4-5H2,1H3,(H2,17,20,24,25). The highest BCUT2D eigenvalue weighted by molar-refractivity contribution is 5.87. The summed E-state index contributed by atoms with van der Waals surface area (Å²) in [5, 5.41) is 4.55. The molecule has 1 saturated heterocycles. The highest BCUT2D eigenvalue weighted by atomic mass is 19.3. The third-order valence-corrected chi connectivity index (χ3v) is 4.19. The maximum absolute atomic E-state index is 14.0. The minimum Gasteiger partial charge on any atom is -0.373 e. The van der Waals surface area contributed by atoms with Gasteiger partial charge in [-0.15, -0.1) is 5.10 Å². The first kappa shape index (κ1) is 16.3. The Hall–Kier alpha value is -3.15. The van der Waals surface area contributed by atoms with Gasteiger partial charge in [-0.05, 0) is 0 Å². The molecule has 4 heterocycles. The topological polar surface area (TPSA) is 122 Å². The van der Waals surface area contributed by atoms with Crippen LogP contribution in [0.3, 0.4) is 0 Å². The van der Waals surface area contributed by atoms with E-state index in [1.165, 1.54) is 35.4 Å². The molecule has 1 aliphatic rings. The lowest BCUT2D eigenvalue weighted by Crippen LogP contribution is -2.33. The number of alkyl halides is 2. The molecule has 1 aliphatic heterocycles. The van der Waals surface area contributed by atoms with Gasteiger partial charge in [-0.3, -0.25) is 9.78 Å². The van der Waals surface area contributed by atoms with Crippen molar-refractivity contribution in [2.45, 2.75) is 12.0 Å². The van der Waals surface area contributed by atoms with Gasteiger partial charge in [0, 0.05) is 19.5 Å². The fraction of sp³-hybridized carbons (Fsp3) is 0.357. The van der Waals surface area contributed by atoms with Gasteiger partial charge in [0.25, 0.3) is 11.5 Å².